The van der Waals surface area contributed by atoms with Crippen LogP contribution in [-0.2, 0) is 17.9 Å². The minimum absolute atomic E-state index is 0.121. The van der Waals surface area contributed by atoms with Crippen LogP contribution in [0.15, 0.2) is 30.5 Å². The van der Waals surface area contributed by atoms with Crippen molar-refractivity contribution in [2.24, 2.45) is 0 Å². The lowest BCUT2D eigenvalue weighted by Crippen LogP contribution is -2.19. The Morgan fingerprint density at radius 2 is 2.29 bits per heavy atom. The second-order valence-electron chi connectivity index (χ2n) is 4.47. The molecule has 21 heavy (non-hydrogen) atoms. The van der Waals surface area contributed by atoms with E-state index in [-0.39, 0.29) is 12.5 Å². The number of nitrogens with one attached hydrogen (secondary N) is 2. The van der Waals surface area contributed by atoms with E-state index in [0.29, 0.717) is 18.0 Å². The van der Waals surface area contributed by atoms with Gasteiger partial charge in [0.2, 0.25) is 5.91 Å². The molecule has 0 aliphatic rings. The van der Waals surface area contributed by atoms with Gasteiger partial charge in [0.05, 0.1) is 19.0 Å². The maximum absolute atomic E-state index is 11.9. The molecule has 2 N–H and O–H groups in total. The predicted molar refractivity (Wildman–Crippen MR) is 79.0 cm³/mol. The highest BCUT2D eigenvalue weighted by molar-refractivity contribution is 5.90. The average molecular weight is 289 g/mol. The molecule has 0 unspecified atom stereocenters. The molecule has 1 amide bonds. The highest BCUT2D eigenvalue weighted by atomic mass is 16.5. The summed E-state index contributed by atoms with van der Waals surface area (Å²) in [4.78, 5) is 11.9. The van der Waals surface area contributed by atoms with Crippen LogP contribution in [0.5, 0.6) is 5.75 Å². The Morgan fingerprint density at radius 3 is 3.05 bits per heavy atom. The molecule has 1 aromatic heterocycles. The van der Waals surface area contributed by atoms with Crippen LogP contribution in [0.3, 0.4) is 0 Å². The SMILES string of the molecule is CCNCc1cn(CC(=O)Nc2cccc(OC)c2)nn1. The molecule has 2 rings (SSSR count). The number of amides is 1. The van der Waals surface area contributed by atoms with Gasteiger partial charge in [0.1, 0.15) is 12.3 Å². The van der Waals surface area contributed by atoms with Crippen LogP contribution < -0.4 is 15.4 Å². The molecule has 0 saturated carbocycles. The van der Waals surface area contributed by atoms with Crippen molar-refractivity contribution in [2.75, 3.05) is 19.0 Å². The van der Waals surface area contributed by atoms with Gasteiger partial charge in [-0.3, -0.25) is 4.79 Å². The third-order valence-corrected chi connectivity index (χ3v) is 2.80. The summed E-state index contributed by atoms with van der Waals surface area (Å²) in [5.74, 6) is 0.532. The Kier molecular flexibility index (Phi) is 5.28. The van der Waals surface area contributed by atoms with E-state index in [4.69, 9.17) is 4.74 Å². The molecule has 2 aromatic rings. The molecule has 0 spiro atoms. The standard InChI is InChI=1S/C14H19N5O2/c1-3-15-8-12-9-19(18-17-12)10-14(20)16-11-5-4-6-13(7-11)21-2/h4-7,9,15H,3,8,10H2,1-2H3,(H,16,20). The summed E-state index contributed by atoms with van der Waals surface area (Å²) >= 11 is 0. The van der Waals surface area contributed by atoms with E-state index < -0.39 is 0 Å². The third kappa shape index (κ3) is 4.57. The van der Waals surface area contributed by atoms with Gasteiger partial charge in [0.25, 0.3) is 0 Å². The molecule has 0 atom stereocenters. The number of ether oxygens (including phenoxy) is 1. The Morgan fingerprint density at radius 1 is 1.43 bits per heavy atom. The van der Waals surface area contributed by atoms with E-state index in [0.717, 1.165) is 12.2 Å². The van der Waals surface area contributed by atoms with Crippen LogP contribution >= 0.6 is 0 Å². The summed E-state index contributed by atoms with van der Waals surface area (Å²) in [6.45, 7) is 3.65. The number of nitrogens with zero attached hydrogens (tertiary/aromatic N) is 3. The predicted octanol–water partition coefficient (Wildman–Crippen LogP) is 1.03. The fourth-order valence-electron chi connectivity index (χ4n) is 1.80. The van der Waals surface area contributed by atoms with Gasteiger partial charge in [0.15, 0.2) is 0 Å². The van der Waals surface area contributed by atoms with Crippen molar-refractivity contribution in [3.05, 3.63) is 36.2 Å². The van der Waals surface area contributed by atoms with Crippen molar-refractivity contribution < 1.29 is 9.53 Å². The minimum atomic E-state index is -0.164. The maximum atomic E-state index is 11.9. The quantitative estimate of drug-likeness (QED) is 0.796. The van der Waals surface area contributed by atoms with E-state index in [9.17, 15) is 4.79 Å². The van der Waals surface area contributed by atoms with Crippen molar-refractivity contribution in [3.8, 4) is 5.75 Å². The average Bonchev–Trinajstić information content (AvgIpc) is 2.92. The highest BCUT2D eigenvalue weighted by Gasteiger charge is 2.07. The van der Waals surface area contributed by atoms with Crippen LogP contribution in [0.1, 0.15) is 12.6 Å². The highest BCUT2D eigenvalue weighted by Crippen LogP contribution is 2.16. The number of rotatable bonds is 7. The zero-order valence-corrected chi connectivity index (χ0v) is 12.2. The molecule has 7 heteroatoms. The van der Waals surface area contributed by atoms with E-state index in [1.54, 1.807) is 25.4 Å². The van der Waals surface area contributed by atoms with Crippen molar-refractivity contribution in [1.29, 1.82) is 0 Å². The molecular formula is C14H19N5O2. The Labute approximate surface area is 123 Å². The molecule has 0 aliphatic heterocycles. The molecule has 0 radical (unpaired) electrons. The fourth-order valence-corrected chi connectivity index (χ4v) is 1.80. The molecule has 112 valence electrons. The van der Waals surface area contributed by atoms with Crippen molar-refractivity contribution in [1.82, 2.24) is 20.3 Å². The zero-order chi connectivity index (χ0) is 15.1. The number of aromatic nitrogens is 3. The topological polar surface area (TPSA) is 81.1 Å². The normalized spacial score (nSPS) is 10.4. The summed E-state index contributed by atoms with van der Waals surface area (Å²) in [6, 6.07) is 7.20. The fraction of sp³-hybridized carbons (Fsp3) is 0.357. The summed E-state index contributed by atoms with van der Waals surface area (Å²) in [7, 11) is 1.59. The molecule has 0 bridgehead atoms. The number of hydrogen-bond donors (Lipinski definition) is 2. The Balaban J connectivity index is 1.90. The number of methoxy groups -OCH3 is 1. The molecule has 7 nitrogen and oxygen atoms in total. The maximum Gasteiger partial charge on any atom is 0.246 e. The summed E-state index contributed by atoms with van der Waals surface area (Å²) in [5, 5.41) is 13.9. The van der Waals surface area contributed by atoms with E-state index in [1.165, 1.54) is 4.68 Å². The van der Waals surface area contributed by atoms with Gasteiger partial charge in [-0.1, -0.05) is 18.2 Å². The first-order valence-corrected chi connectivity index (χ1v) is 6.75. The first-order valence-electron chi connectivity index (χ1n) is 6.75. The molecular weight excluding hydrogens is 270 g/mol. The van der Waals surface area contributed by atoms with Crippen LogP contribution in [-0.4, -0.2) is 34.6 Å². The van der Waals surface area contributed by atoms with Crippen molar-refractivity contribution >= 4 is 11.6 Å². The zero-order valence-electron chi connectivity index (χ0n) is 12.2. The molecule has 1 aromatic carbocycles. The molecule has 1 heterocycles. The van der Waals surface area contributed by atoms with Crippen LogP contribution in [0.25, 0.3) is 0 Å². The lowest BCUT2D eigenvalue weighted by molar-refractivity contribution is -0.116. The summed E-state index contributed by atoms with van der Waals surface area (Å²) in [5.41, 5.74) is 1.50. The minimum Gasteiger partial charge on any atom is -0.497 e. The third-order valence-electron chi connectivity index (χ3n) is 2.80. The number of carbonyl (C=O) groups excluding carboxylic acids is 1. The van der Waals surface area contributed by atoms with Gasteiger partial charge in [-0.2, -0.15) is 0 Å². The van der Waals surface area contributed by atoms with Gasteiger partial charge in [-0.15, -0.1) is 5.10 Å². The number of hydrogen-bond acceptors (Lipinski definition) is 5. The molecule has 0 aliphatic carbocycles. The largest absolute Gasteiger partial charge is 0.497 e. The number of anilines is 1. The van der Waals surface area contributed by atoms with Crippen LogP contribution in [0, 0.1) is 0 Å². The van der Waals surface area contributed by atoms with Gasteiger partial charge >= 0.3 is 0 Å². The van der Waals surface area contributed by atoms with E-state index in [2.05, 4.69) is 20.9 Å². The van der Waals surface area contributed by atoms with Gasteiger partial charge in [-0.05, 0) is 18.7 Å². The second-order valence-corrected chi connectivity index (χ2v) is 4.47. The Bertz CT molecular complexity index is 597. The lowest BCUT2D eigenvalue weighted by Gasteiger charge is -2.06. The first-order chi connectivity index (χ1) is 10.2. The van der Waals surface area contributed by atoms with E-state index >= 15 is 0 Å². The van der Waals surface area contributed by atoms with Crippen molar-refractivity contribution in [2.45, 2.75) is 20.0 Å². The van der Waals surface area contributed by atoms with Crippen LogP contribution in [0.4, 0.5) is 5.69 Å². The second kappa shape index (κ2) is 7.39. The molecule has 0 saturated heterocycles. The summed E-state index contributed by atoms with van der Waals surface area (Å²) in [6.07, 6.45) is 1.76. The van der Waals surface area contributed by atoms with E-state index in [1.807, 2.05) is 19.1 Å². The summed E-state index contributed by atoms with van der Waals surface area (Å²) < 4.78 is 6.63. The monoisotopic (exact) mass is 289 g/mol. The number of carbonyl (C=O) groups is 1. The smallest absolute Gasteiger partial charge is 0.246 e. The number of benzene rings is 1. The molecule has 0 fully saturated rings. The van der Waals surface area contributed by atoms with Gasteiger partial charge in [-0.25, -0.2) is 4.68 Å². The van der Waals surface area contributed by atoms with Gasteiger partial charge in [0, 0.05) is 18.3 Å². The van der Waals surface area contributed by atoms with Gasteiger partial charge < -0.3 is 15.4 Å². The lowest BCUT2D eigenvalue weighted by atomic mass is 10.3. The Hall–Kier alpha value is -2.41. The van der Waals surface area contributed by atoms with Crippen LogP contribution in [0.2, 0.25) is 0 Å². The first kappa shape index (κ1) is 15.0. The van der Waals surface area contributed by atoms with Crippen molar-refractivity contribution in [3.63, 3.8) is 0 Å².